The molecule has 0 unspecified atom stereocenters. The third-order valence-corrected chi connectivity index (χ3v) is 3.64. The molecule has 2 heteroatoms. The summed E-state index contributed by atoms with van der Waals surface area (Å²) in [6.45, 7) is 13.7. The van der Waals surface area contributed by atoms with Crippen molar-refractivity contribution in [2.45, 2.75) is 40.0 Å². The van der Waals surface area contributed by atoms with Crippen molar-refractivity contribution in [3.63, 3.8) is 0 Å². The predicted octanol–water partition coefficient (Wildman–Crippen LogP) is 1.18. The zero-order chi connectivity index (χ0) is 11.7. The number of hydrogen-bond acceptors (Lipinski definition) is 0. The van der Waals surface area contributed by atoms with E-state index in [1.165, 1.54) is 56.5 Å². The molecule has 92 valence electrons. The molecule has 0 heterocycles. The van der Waals surface area contributed by atoms with Crippen LogP contribution < -0.4 is 4.90 Å². The Balaban J connectivity index is 3.99. The molecule has 0 atom stereocenters. The molecule has 0 aliphatic heterocycles. The fraction of sp³-hybridized carbons (Fsp3) is 1.00. The Labute approximate surface area is 96.8 Å². The van der Waals surface area contributed by atoms with Gasteiger partial charge >= 0.3 is 0 Å². The minimum Gasteiger partial charge on any atom is -0.340 e. The maximum Gasteiger partial charge on any atom is 0.0840 e. The topological polar surface area (TPSA) is 4.44 Å². The lowest BCUT2D eigenvalue weighted by atomic mass is 10.2. The Kier molecular flexibility index (Phi) is 8.07. The normalized spacial score (nSPS) is 12.4. The Bertz CT molecular complexity index is 139. The average molecular weight is 216 g/mol. The molecule has 1 N–H and O–H groups in total. The van der Waals surface area contributed by atoms with Crippen molar-refractivity contribution in [2.24, 2.45) is 0 Å². The van der Waals surface area contributed by atoms with E-state index in [0.29, 0.717) is 0 Å². The van der Waals surface area contributed by atoms with Gasteiger partial charge in [-0.3, -0.25) is 0 Å². The first-order valence-corrected chi connectivity index (χ1v) is 6.74. The fourth-order valence-corrected chi connectivity index (χ4v) is 2.23. The van der Waals surface area contributed by atoms with E-state index in [0.717, 1.165) is 0 Å². The first kappa shape index (κ1) is 14.9. The number of rotatable bonds is 9. The quantitative estimate of drug-likeness (QED) is 0.552. The van der Waals surface area contributed by atoms with Crippen LogP contribution in [0.2, 0.25) is 0 Å². The summed E-state index contributed by atoms with van der Waals surface area (Å²) in [7, 11) is 4.50. The van der Waals surface area contributed by atoms with Gasteiger partial charge in [0.25, 0.3) is 0 Å². The number of nitrogens with one attached hydrogen (secondary N) is 1. The summed E-state index contributed by atoms with van der Waals surface area (Å²) in [5.74, 6) is 0. The minimum atomic E-state index is 1.30. The van der Waals surface area contributed by atoms with Crippen LogP contribution in [0.25, 0.3) is 0 Å². The van der Waals surface area contributed by atoms with Crippen LogP contribution in [0, 0.1) is 0 Å². The Morgan fingerprint density at radius 3 is 1.80 bits per heavy atom. The highest BCUT2D eigenvalue weighted by molar-refractivity contribution is 4.43. The summed E-state index contributed by atoms with van der Waals surface area (Å²) in [6, 6.07) is 0. The molecule has 0 fully saturated rings. The number of quaternary nitrogens is 2. The van der Waals surface area contributed by atoms with E-state index in [4.69, 9.17) is 0 Å². The zero-order valence-corrected chi connectivity index (χ0v) is 11.6. The van der Waals surface area contributed by atoms with Gasteiger partial charge in [0.2, 0.25) is 0 Å². The highest BCUT2D eigenvalue weighted by Crippen LogP contribution is 2.09. The van der Waals surface area contributed by atoms with Crippen LogP contribution in [0.5, 0.6) is 0 Å². The van der Waals surface area contributed by atoms with E-state index < -0.39 is 0 Å². The van der Waals surface area contributed by atoms with Crippen molar-refractivity contribution in [1.82, 2.24) is 0 Å². The summed E-state index contributed by atoms with van der Waals surface area (Å²) < 4.78 is 1.33. The summed E-state index contributed by atoms with van der Waals surface area (Å²) in [5, 5.41) is 0. The van der Waals surface area contributed by atoms with E-state index in [1.807, 2.05) is 0 Å². The molecule has 0 bridgehead atoms. The van der Waals surface area contributed by atoms with Gasteiger partial charge in [-0.05, 0) is 20.3 Å². The SMILES string of the molecule is CCCC[N+](CC)(CC)CCC[NH+](C)C. The summed E-state index contributed by atoms with van der Waals surface area (Å²) >= 11 is 0. The van der Waals surface area contributed by atoms with Crippen LogP contribution in [0.15, 0.2) is 0 Å². The molecule has 0 saturated carbocycles. The standard InChI is InChI=1S/C13H31N2/c1-6-9-12-15(7-2,8-3)13-10-11-14(4)5/h6-13H2,1-5H3/q+1/p+1. The van der Waals surface area contributed by atoms with Gasteiger partial charge in [-0.15, -0.1) is 0 Å². The highest BCUT2D eigenvalue weighted by atomic mass is 15.3. The van der Waals surface area contributed by atoms with Gasteiger partial charge in [0.1, 0.15) is 0 Å². The number of unbranched alkanes of at least 4 members (excludes halogenated alkanes) is 1. The smallest absolute Gasteiger partial charge is 0.0840 e. The van der Waals surface area contributed by atoms with Crippen molar-refractivity contribution in [2.75, 3.05) is 46.8 Å². The third kappa shape index (κ3) is 6.16. The van der Waals surface area contributed by atoms with Crippen LogP contribution >= 0.6 is 0 Å². The largest absolute Gasteiger partial charge is 0.340 e. The molecule has 0 radical (unpaired) electrons. The fourth-order valence-electron chi connectivity index (χ4n) is 2.23. The molecule has 0 aliphatic carbocycles. The second kappa shape index (κ2) is 8.12. The molecule has 15 heavy (non-hydrogen) atoms. The Morgan fingerprint density at radius 1 is 0.867 bits per heavy atom. The first-order chi connectivity index (χ1) is 7.10. The van der Waals surface area contributed by atoms with E-state index in [-0.39, 0.29) is 0 Å². The van der Waals surface area contributed by atoms with Gasteiger partial charge in [0, 0.05) is 6.42 Å². The van der Waals surface area contributed by atoms with E-state index in [9.17, 15) is 0 Å². The van der Waals surface area contributed by atoms with Crippen LogP contribution in [0.1, 0.15) is 40.0 Å². The first-order valence-electron chi connectivity index (χ1n) is 6.74. The molecule has 0 aromatic rings. The second-order valence-electron chi connectivity index (χ2n) is 5.09. The van der Waals surface area contributed by atoms with Gasteiger partial charge in [0.15, 0.2) is 0 Å². The summed E-state index contributed by atoms with van der Waals surface area (Å²) in [4.78, 5) is 1.58. The van der Waals surface area contributed by atoms with Crippen molar-refractivity contribution in [1.29, 1.82) is 0 Å². The summed E-state index contributed by atoms with van der Waals surface area (Å²) in [5.41, 5.74) is 0. The molecule has 0 spiro atoms. The molecule has 2 nitrogen and oxygen atoms in total. The molecule has 0 rings (SSSR count). The number of nitrogens with zero attached hydrogens (tertiary/aromatic N) is 1. The van der Waals surface area contributed by atoms with Gasteiger partial charge in [-0.25, -0.2) is 0 Å². The van der Waals surface area contributed by atoms with E-state index in [1.54, 1.807) is 4.90 Å². The van der Waals surface area contributed by atoms with Crippen molar-refractivity contribution < 1.29 is 9.38 Å². The lowest BCUT2D eigenvalue weighted by Gasteiger charge is -2.37. The monoisotopic (exact) mass is 216 g/mol. The van der Waals surface area contributed by atoms with E-state index in [2.05, 4.69) is 34.9 Å². The maximum absolute atomic E-state index is 2.35. The molecular weight excluding hydrogens is 184 g/mol. The maximum atomic E-state index is 2.35. The predicted molar refractivity (Wildman–Crippen MR) is 68.3 cm³/mol. The third-order valence-electron chi connectivity index (χ3n) is 3.64. The van der Waals surface area contributed by atoms with Crippen LogP contribution in [0.3, 0.4) is 0 Å². The molecule has 0 saturated heterocycles. The van der Waals surface area contributed by atoms with E-state index >= 15 is 0 Å². The van der Waals surface area contributed by atoms with Crippen LogP contribution in [-0.4, -0.2) is 51.3 Å². The van der Waals surface area contributed by atoms with Gasteiger partial charge in [-0.2, -0.15) is 0 Å². The van der Waals surface area contributed by atoms with Crippen molar-refractivity contribution >= 4 is 0 Å². The lowest BCUT2D eigenvalue weighted by Crippen LogP contribution is -3.05. The Hall–Kier alpha value is -0.0800. The molecule has 0 aromatic heterocycles. The highest BCUT2D eigenvalue weighted by Gasteiger charge is 2.21. The Morgan fingerprint density at radius 2 is 1.40 bits per heavy atom. The van der Waals surface area contributed by atoms with Crippen LogP contribution in [-0.2, 0) is 0 Å². The average Bonchev–Trinajstić information content (AvgIpc) is 2.23. The van der Waals surface area contributed by atoms with Crippen molar-refractivity contribution in [3.8, 4) is 0 Å². The van der Waals surface area contributed by atoms with Gasteiger partial charge in [-0.1, -0.05) is 13.3 Å². The minimum absolute atomic E-state index is 1.30. The van der Waals surface area contributed by atoms with Gasteiger partial charge < -0.3 is 9.38 Å². The lowest BCUT2D eigenvalue weighted by molar-refractivity contribution is -0.930. The van der Waals surface area contributed by atoms with Gasteiger partial charge in [0.05, 0.1) is 46.8 Å². The molecular formula is C13H32N2+2. The summed E-state index contributed by atoms with van der Waals surface area (Å²) in [6.07, 6.45) is 4.09. The molecule has 0 aliphatic rings. The zero-order valence-electron chi connectivity index (χ0n) is 11.6. The molecule has 0 amide bonds. The van der Waals surface area contributed by atoms with Crippen molar-refractivity contribution in [3.05, 3.63) is 0 Å². The number of hydrogen-bond donors (Lipinski definition) is 1. The second-order valence-corrected chi connectivity index (χ2v) is 5.09. The molecule has 0 aromatic carbocycles. The van der Waals surface area contributed by atoms with Crippen LogP contribution in [0.4, 0.5) is 0 Å².